The first-order valence-electron chi connectivity index (χ1n) is 7.04. The van der Waals surface area contributed by atoms with Gasteiger partial charge in [-0.2, -0.15) is 0 Å². The predicted molar refractivity (Wildman–Crippen MR) is 97.8 cm³/mol. The summed E-state index contributed by atoms with van der Waals surface area (Å²) >= 11 is 10.6. The van der Waals surface area contributed by atoms with Crippen molar-refractivity contribution in [3.63, 3.8) is 0 Å². The third kappa shape index (κ3) is 4.33. The van der Waals surface area contributed by atoms with Crippen molar-refractivity contribution in [1.29, 1.82) is 0 Å². The predicted octanol–water partition coefficient (Wildman–Crippen LogP) is 4.22. The van der Waals surface area contributed by atoms with Crippen LogP contribution in [0.2, 0.25) is 4.34 Å². The summed E-state index contributed by atoms with van der Waals surface area (Å²) in [6, 6.07) is 4.11. The van der Waals surface area contributed by atoms with E-state index in [0.29, 0.717) is 4.34 Å². The van der Waals surface area contributed by atoms with E-state index in [2.05, 4.69) is 50.2 Å². The summed E-state index contributed by atoms with van der Waals surface area (Å²) in [5.74, 6) is 0.920. The molecule has 3 heterocycles. The van der Waals surface area contributed by atoms with Crippen LogP contribution >= 0.6 is 46.0 Å². The van der Waals surface area contributed by atoms with E-state index in [1.54, 1.807) is 17.5 Å². The lowest BCUT2D eigenvalue weighted by Crippen LogP contribution is -2.15. The third-order valence-electron chi connectivity index (χ3n) is 3.08. The smallest absolute Gasteiger partial charge is 0.198 e. The van der Waals surface area contributed by atoms with Crippen molar-refractivity contribution >= 4 is 46.0 Å². The maximum absolute atomic E-state index is 5.97. The van der Waals surface area contributed by atoms with Gasteiger partial charge in [0.25, 0.3) is 0 Å². The first-order valence-corrected chi connectivity index (χ1v) is 9.93. The molecule has 0 unspecified atom stereocenters. The van der Waals surface area contributed by atoms with Gasteiger partial charge in [-0.3, -0.25) is 0 Å². The number of thiophene rings is 1. The number of rotatable bonds is 7. The molecule has 0 aliphatic heterocycles. The van der Waals surface area contributed by atoms with Gasteiger partial charge in [-0.1, -0.05) is 29.0 Å². The molecule has 0 N–H and O–H groups in total. The molecular formula is C14H16ClN5S3. The van der Waals surface area contributed by atoms with E-state index in [1.807, 2.05) is 6.07 Å². The Morgan fingerprint density at radius 1 is 1.35 bits per heavy atom. The zero-order chi connectivity index (χ0) is 16.2. The molecule has 0 atom stereocenters. The summed E-state index contributed by atoms with van der Waals surface area (Å²) < 4.78 is 3.74. The molecule has 122 valence electrons. The van der Waals surface area contributed by atoms with Crippen LogP contribution in [0.15, 0.2) is 33.2 Å². The van der Waals surface area contributed by atoms with E-state index >= 15 is 0 Å². The molecule has 5 nitrogen and oxygen atoms in total. The fourth-order valence-electron chi connectivity index (χ4n) is 2.06. The molecule has 0 radical (unpaired) electrons. The quantitative estimate of drug-likeness (QED) is 0.609. The second-order valence-corrected chi connectivity index (χ2v) is 8.95. The molecule has 0 fully saturated rings. The zero-order valence-electron chi connectivity index (χ0n) is 12.8. The fourth-order valence-corrected chi connectivity index (χ4v) is 4.85. The highest BCUT2D eigenvalue weighted by molar-refractivity contribution is 8.00. The van der Waals surface area contributed by atoms with Gasteiger partial charge in [-0.05, 0) is 50.3 Å². The van der Waals surface area contributed by atoms with Crippen LogP contribution in [0.25, 0.3) is 10.7 Å². The van der Waals surface area contributed by atoms with E-state index in [4.69, 9.17) is 11.6 Å². The molecule has 0 bridgehead atoms. The minimum Gasteiger partial charge on any atom is -0.309 e. The molecule has 9 heteroatoms. The molecule has 0 spiro atoms. The van der Waals surface area contributed by atoms with Crippen LogP contribution in [-0.2, 0) is 6.54 Å². The Bertz CT molecular complexity index is 750. The highest BCUT2D eigenvalue weighted by Crippen LogP contribution is 2.34. The fraction of sp³-hybridized carbons (Fsp3) is 0.357. The number of hydrogen-bond donors (Lipinski definition) is 0. The van der Waals surface area contributed by atoms with Crippen molar-refractivity contribution in [2.75, 3.05) is 20.6 Å². The largest absolute Gasteiger partial charge is 0.309 e. The second-order valence-electron chi connectivity index (χ2n) is 5.12. The first-order chi connectivity index (χ1) is 11.1. The number of aromatic nitrogens is 4. The summed E-state index contributed by atoms with van der Waals surface area (Å²) in [5.41, 5.74) is 0. The standard InChI is InChI=1S/C14H16ClN5S3/c1-19(2)6-4-7-20-12(10-5-3-8-21-10)17-18-13(20)23-14-16-9-11(15)22-14/h3,5,8-9H,4,6-7H2,1-2H3. The minimum atomic E-state index is 0.685. The van der Waals surface area contributed by atoms with E-state index in [1.165, 1.54) is 23.1 Å². The Morgan fingerprint density at radius 2 is 2.22 bits per heavy atom. The van der Waals surface area contributed by atoms with Crippen LogP contribution in [0.1, 0.15) is 6.42 Å². The van der Waals surface area contributed by atoms with Gasteiger partial charge in [0, 0.05) is 6.54 Å². The maximum atomic E-state index is 5.97. The molecule has 0 aliphatic rings. The molecule has 0 aliphatic carbocycles. The van der Waals surface area contributed by atoms with Crippen molar-refractivity contribution in [3.8, 4) is 10.7 Å². The monoisotopic (exact) mass is 385 g/mol. The molecule has 3 aromatic rings. The van der Waals surface area contributed by atoms with E-state index in [-0.39, 0.29) is 0 Å². The molecule has 0 amide bonds. The van der Waals surface area contributed by atoms with Gasteiger partial charge in [0.2, 0.25) is 0 Å². The van der Waals surface area contributed by atoms with Gasteiger partial charge >= 0.3 is 0 Å². The summed E-state index contributed by atoms with van der Waals surface area (Å²) in [6.45, 7) is 1.90. The Labute approximate surface area is 152 Å². The minimum absolute atomic E-state index is 0.685. The molecule has 23 heavy (non-hydrogen) atoms. The average Bonchev–Trinajstić information content (AvgIpc) is 3.21. The van der Waals surface area contributed by atoms with Crippen LogP contribution in [0.4, 0.5) is 0 Å². The van der Waals surface area contributed by atoms with Crippen molar-refractivity contribution in [2.45, 2.75) is 22.5 Å². The van der Waals surface area contributed by atoms with Crippen LogP contribution < -0.4 is 0 Å². The summed E-state index contributed by atoms with van der Waals surface area (Å²) in [6.07, 6.45) is 2.71. The number of thiazole rings is 1. The Balaban J connectivity index is 1.85. The van der Waals surface area contributed by atoms with E-state index < -0.39 is 0 Å². The topological polar surface area (TPSA) is 46.8 Å². The zero-order valence-corrected chi connectivity index (χ0v) is 16.0. The lowest BCUT2D eigenvalue weighted by Gasteiger charge is -2.12. The van der Waals surface area contributed by atoms with Gasteiger partial charge in [-0.25, -0.2) is 4.98 Å². The van der Waals surface area contributed by atoms with Gasteiger partial charge < -0.3 is 9.47 Å². The van der Waals surface area contributed by atoms with Crippen LogP contribution in [0.3, 0.4) is 0 Å². The number of halogens is 1. The average molecular weight is 386 g/mol. The van der Waals surface area contributed by atoms with Crippen LogP contribution in [0, 0.1) is 0 Å². The first kappa shape index (κ1) is 16.9. The Kier molecular flexibility index (Phi) is 5.71. The van der Waals surface area contributed by atoms with E-state index in [9.17, 15) is 0 Å². The van der Waals surface area contributed by atoms with Gasteiger partial charge in [0.05, 0.1) is 11.1 Å². The molecule has 0 saturated carbocycles. The Hall–Kier alpha value is -0.930. The number of nitrogens with zero attached hydrogens (tertiary/aromatic N) is 5. The highest BCUT2D eigenvalue weighted by Gasteiger charge is 2.17. The van der Waals surface area contributed by atoms with Crippen molar-refractivity contribution in [2.24, 2.45) is 0 Å². The second kappa shape index (κ2) is 7.76. The molecule has 0 aromatic carbocycles. The molecule has 3 rings (SSSR count). The summed E-state index contributed by atoms with van der Waals surface area (Å²) in [4.78, 5) is 7.61. The molecule has 0 saturated heterocycles. The normalized spacial score (nSPS) is 11.5. The van der Waals surface area contributed by atoms with Crippen molar-refractivity contribution < 1.29 is 0 Å². The van der Waals surface area contributed by atoms with Gasteiger partial charge in [-0.15, -0.1) is 21.5 Å². The van der Waals surface area contributed by atoms with Gasteiger partial charge in [0.1, 0.15) is 4.34 Å². The summed E-state index contributed by atoms with van der Waals surface area (Å²) in [5, 5.41) is 11.7. The van der Waals surface area contributed by atoms with Crippen LogP contribution in [0.5, 0.6) is 0 Å². The highest BCUT2D eigenvalue weighted by atomic mass is 35.5. The lowest BCUT2D eigenvalue weighted by atomic mass is 10.4. The maximum Gasteiger partial charge on any atom is 0.198 e. The third-order valence-corrected chi connectivity index (χ3v) is 6.12. The molecule has 3 aromatic heterocycles. The SMILES string of the molecule is CN(C)CCCn1c(Sc2ncc(Cl)s2)nnc1-c1cccs1. The van der Waals surface area contributed by atoms with Crippen molar-refractivity contribution in [3.05, 3.63) is 28.0 Å². The van der Waals surface area contributed by atoms with Crippen LogP contribution in [-0.4, -0.2) is 45.3 Å². The molecular weight excluding hydrogens is 370 g/mol. The van der Waals surface area contributed by atoms with Gasteiger partial charge in [0.15, 0.2) is 15.3 Å². The van der Waals surface area contributed by atoms with Crippen molar-refractivity contribution in [1.82, 2.24) is 24.6 Å². The number of hydrogen-bond acceptors (Lipinski definition) is 7. The lowest BCUT2D eigenvalue weighted by molar-refractivity contribution is 0.383. The Morgan fingerprint density at radius 3 is 2.87 bits per heavy atom. The van der Waals surface area contributed by atoms with E-state index in [0.717, 1.165) is 39.7 Å². The summed E-state index contributed by atoms with van der Waals surface area (Å²) in [7, 11) is 4.17.